The molecule has 0 radical (unpaired) electrons. The Hall–Kier alpha value is -2.86. The van der Waals surface area contributed by atoms with E-state index in [0.29, 0.717) is 12.2 Å². The molecule has 3 aromatic rings. The molecule has 2 aromatic heterocycles. The minimum atomic E-state index is -0.185. The zero-order valence-corrected chi connectivity index (χ0v) is 14.6. The predicted octanol–water partition coefficient (Wildman–Crippen LogP) is 2.92. The first-order chi connectivity index (χ1) is 12.8. The lowest BCUT2D eigenvalue weighted by Gasteiger charge is -2.11. The van der Waals surface area contributed by atoms with E-state index in [4.69, 9.17) is 9.47 Å². The van der Waals surface area contributed by atoms with Gasteiger partial charge in [-0.25, -0.2) is 4.98 Å². The van der Waals surface area contributed by atoms with Crippen molar-refractivity contribution in [2.24, 2.45) is 0 Å². The van der Waals surface area contributed by atoms with Gasteiger partial charge in [0.2, 0.25) is 0 Å². The van der Waals surface area contributed by atoms with Crippen LogP contribution in [0.1, 0.15) is 23.3 Å². The summed E-state index contributed by atoms with van der Waals surface area (Å²) in [4.78, 5) is 17.4. The number of benzene rings is 1. The molecule has 3 heterocycles. The third kappa shape index (κ3) is 3.15. The number of hydrogen-bond donors (Lipinski definition) is 1. The number of rotatable bonds is 5. The van der Waals surface area contributed by atoms with Gasteiger partial charge in [-0.2, -0.15) is 0 Å². The summed E-state index contributed by atoms with van der Waals surface area (Å²) in [5.74, 6) is 0.585. The first-order valence-corrected chi connectivity index (χ1v) is 8.77. The smallest absolute Gasteiger partial charge is 0.272 e. The van der Waals surface area contributed by atoms with Crippen molar-refractivity contribution in [3.05, 3.63) is 54.4 Å². The number of nitrogens with zero attached hydrogens (tertiary/aromatic N) is 2. The van der Waals surface area contributed by atoms with Crippen LogP contribution in [0.2, 0.25) is 0 Å². The second-order valence-corrected chi connectivity index (χ2v) is 6.31. The van der Waals surface area contributed by atoms with E-state index in [0.717, 1.165) is 42.1 Å². The predicted molar refractivity (Wildman–Crippen MR) is 98.5 cm³/mol. The molecule has 1 fully saturated rings. The van der Waals surface area contributed by atoms with Crippen LogP contribution in [0.25, 0.3) is 16.9 Å². The summed E-state index contributed by atoms with van der Waals surface area (Å²) < 4.78 is 12.7. The Morgan fingerprint density at radius 1 is 1.31 bits per heavy atom. The van der Waals surface area contributed by atoms with Crippen molar-refractivity contribution in [1.29, 1.82) is 0 Å². The Morgan fingerprint density at radius 2 is 2.15 bits per heavy atom. The summed E-state index contributed by atoms with van der Waals surface area (Å²) >= 11 is 0. The Morgan fingerprint density at radius 3 is 2.88 bits per heavy atom. The molecule has 1 N–H and O–H groups in total. The largest absolute Gasteiger partial charge is 0.497 e. The van der Waals surface area contributed by atoms with Crippen LogP contribution in [0.15, 0.2) is 48.7 Å². The molecule has 0 bridgehead atoms. The first kappa shape index (κ1) is 16.6. The van der Waals surface area contributed by atoms with Crippen molar-refractivity contribution in [2.75, 3.05) is 20.3 Å². The van der Waals surface area contributed by atoms with E-state index < -0.39 is 0 Å². The highest BCUT2D eigenvalue weighted by molar-refractivity contribution is 5.99. The van der Waals surface area contributed by atoms with Crippen molar-refractivity contribution < 1.29 is 14.3 Å². The number of nitrogens with one attached hydrogen (secondary N) is 1. The maximum absolute atomic E-state index is 12.8. The SMILES string of the molecule is COc1ccc(-c2c(C(=O)NCC3CCCO3)nc3ccccn23)cc1. The van der Waals surface area contributed by atoms with E-state index in [1.165, 1.54) is 0 Å². The van der Waals surface area contributed by atoms with Crippen LogP contribution in [-0.4, -0.2) is 41.7 Å². The second-order valence-electron chi connectivity index (χ2n) is 6.31. The molecule has 1 saturated heterocycles. The fraction of sp³-hybridized carbons (Fsp3) is 0.300. The summed E-state index contributed by atoms with van der Waals surface area (Å²) in [6.45, 7) is 1.28. The van der Waals surface area contributed by atoms with Gasteiger partial charge in [0.05, 0.1) is 18.9 Å². The molecule has 1 amide bonds. The molecule has 1 aromatic carbocycles. The number of carbonyl (C=O) groups is 1. The van der Waals surface area contributed by atoms with E-state index in [9.17, 15) is 4.79 Å². The van der Waals surface area contributed by atoms with E-state index >= 15 is 0 Å². The average Bonchev–Trinajstić information content (AvgIpc) is 3.34. The fourth-order valence-electron chi connectivity index (χ4n) is 3.27. The van der Waals surface area contributed by atoms with Crippen LogP contribution >= 0.6 is 0 Å². The van der Waals surface area contributed by atoms with E-state index in [2.05, 4.69) is 10.3 Å². The topological polar surface area (TPSA) is 64.9 Å². The fourth-order valence-corrected chi connectivity index (χ4v) is 3.27. The van der Waals surface area contributed by atoms with Crippen molar-refractivity contribution in [2.45, 2.75) is 18.9 Å². The highest BCUT2D eigenvalue weighted by atomic mass is 16.5. The molecule has 1 atom stereocenters. The van der Waals surface area contributed by atoms with E-state index in [1.807, 2.05) is 53.1 Å². The van der Waals surface area contributed by atoms with Gasteiger partial charge >= 0.3 is 0 Å². The van der Waals surface area contributed by atoms with Gasteiger partial charge in [-0.1, -0.05) is 6.07 Å². The molecule has 1 aliphatic rings. The van der Waals surface area contributed by atoms with Crippen molar-refractivity contribution in [3.8, 4) is 17.0 Å². The number of fused-ring (bicyclic) bond motifs is 1. The van der Waals surface area contributed by atoms with Crippen molar-refractivity contribution in [3.63, 3.8) is 0 Å². The number of methoxy groups -OCH3 is 1. The van der Waals surface area contributed by atoms with Gasteiger partial charge in [0, 0.05) is 24.9 Å². The van der Waals surface area contributed by atoms with E-state index in [-0.39, 0.29) is 12.0 Å². The first-order valence-electron chi connectivity index (χ1n) is 8.77. The minimum Gasteiger partial charge on any atom is -0.497 e. The lowest BCUT2D eigenvalue weighted by atomic mass is 10.1. The lowest BCUT2D eigenvalue weighted by Crippen LogP contribution is -2.32. The van der Waals surface area contributed by atoms with Gasteiger partial charge < -0.3 is 14.8 Å². The number of aromatic nitrogens is 2. The molecule has 0 saturated carbocycles. The van der Waals surface area contributed by atoms with Crippen molar-refractivity contribution in [1.82, 2.24) is 14.7 Å². The normalized spacial score (nSPS) is 16.7. The third-order valence-corrected chi connectivity index (χ3v) is 4.62. The van der Waals surface area contributed by atoms with Crippen molar-refractivity contribution >= 4 is 11.6 Å². The van der Waals surface area contributed by atoms with Crippen LogP contribution in [0.5, 0.6) is 5.75 Å². The Labute approximate surface area is 151 Å². The molecule has 1 unspecified atom stereocenters. The Bertz CT molecular complexity index is 912. The van der Waals surface area contributed by atoms with Crippen LogP contribution in [0.4, 0.5) is 0 Å². The summed E-state index contributed by atoms with van der Waals surface area (Å²) in [5, 5.41) is 2.97. The zero-order valence-electron chi connectivity index (χ0n) is 14.6. The third-order valence-electron chi connectivity index (χ3n) is 4.62. The average molecular weight is 351 g/mol. The summed E-state index contributed by atoms with van der Waals surface area (Å²) in [7, 11) is 1.63. The number of pyridine rings is 1. The summed E-state index contributed by atoms with van der Waals surface area (Å²) in [6.07, 6.45) is 4.04. The Kier molecular flexibility index (Phi) is 4.58. The number of amides is 1. The van der Waals surface area contributed by atoms with Gasteiger partial charge in [-0.15, -0.1) is 0 Å². The van der Waals surface area contributed by atoms with Gasteiger partial charge in [0.25, 0.3) is 5.91 Å². The van der Waals surface area contributed by atoms with Crippen LogP contribution < -0.4 is 10.1 Å². The maximum atomic E-state index is 12.8. The molecule has 0 spiro atoms. The highest BCUT2D eigenvalue weighted by Gasteiger charge is 2.22. The molecule has 6 heteroatoms. The molecule has 134 valence electrons. The van der Waals surface area contributed by atoms with Gasteiger partial charge in [0.15, 0.2) is 5.69 Å². The number of ether oxygens (including phenoxy) is 2. The molecule has 6 nitrogen and oxygen atoms in total. The Balaban J connectivity index is 1.69. The lowest BCUT2D eigenvalue weighted by molar-refractivity contribution is 0.0855. The number of hydrogen-bond acceptors (Lipinski definition) is 4. The maximum Gasteiger partial charge on any atom is 0.272 e. The van der Waals surface area contributed by atoms with Crippen LogP contribution in [0, 0.1) is 0 Å². The minimum absolute atomic E-state index is 0.0976. The van der Waals surface area contributed by atoms with Gasteiger partial charge in [0.1, 0.15) is 11.4 Å². The number of imidazole rings is 1. The molecule has 1 aliphatic heterocycles. The van der Waals surface area contributed by atoms with Crippen LogP contribution in [0.3, 0.4) is 0 Å². The standard InChI is InChI=1S/C20H21N3O3/c1-25-15-9-7-14(8-10-15)19-18(22-17-6-2-3-11-23(17)19)20(24)21-13-16-5-4-12-26-16/h2-3,6-11,16H,4-5,12-13H2,1H3,(H,21,24). The second kappa shape index (κ2) is 7.17. The van der Waals surface area contributed by atoms with E-state index in [1.54, 1.807) is 7.11 Å². The van der Waals surface area contributed by atoms with Crippen LogP contribution in [-0.2, 0) is 4.74 Å². The zero-order chi connectivity index (χ0) is 17.9. The van der Waals surface area contributed by atoms with Gasteiger partial charge in [-0.05, 0) is 49.2 Å². The number of carbonyl (C=O) groups excluding carboxylic acids is 1. The van der Waals surface area contributed by atoms with Gasteiger partial charge in [-0.3, -0.25) is 9.20 Å². The molecule has 26 heavy (non-hydrogen) atoms. The quantitative estimate of drug-likeness (QED) is 0.768. The molecular weight excluding hydrogens is 330 g/mol. The highest BCUT2D eigenvalue weighted by Crippen LogP contribution is 2.27. The summed E-state index contributed by atoms with van der Waals surface area (Å²) in [6, 6.07) is 13.4. The molecule has 0 aliphatic carbocycles. The monoisotopic (exact) mass is 351 g/mol. The molecule has 4 rings (SSSR count). The molecular formula is C20H21N3O3. The summed E-state index contributed by atoms with van der Waals surface area (Å²) in [5.41, 5.74) is 2.83.